The number of rotatable bonds is 8. The zero-order valence-corrected chi connectivity index (χ0v) is 11.6. The summed E-state index contributed by atoms with van der Waals surface area (Å²) < 4.78 is 5.65. The highest BCUT2D eigenvalue weighted by Gasteiger charge is 2.22. The van der Waals surface area contributed by atoms with E-state index in [9.17, 15) is 4.79 Å². The fourth-order valence-corrected chi connectivity index (χ4v) is 2.35. The summed E-state index contributed by atoms with van der Waals surface area (Å²) in [5.41, 5.74) is 5.52. The second-order valence-corrected chi connectivity index (χ2v) is 4.93. The van der Waals surface area contributed by atoms with Crippen LogP contribution in [0.4, 0.5) is 0 Å². The lowest BCUT2D eigenvalue weighted by atomic mass is 10.0. The number of nitrogens with two attached hydrogens (primary N) is 1. The molecule has 1 unspecified atom stereocenters. The van der Waals surface area contributed by atoms with Crippen LogP contribution in [0.15, 0.2) is 5.16 Å². The quantitative estimate of drug-likeness (QED) is 0.203. The van der Waals surface area contributed by atoms with Crippen LogP contribution < -0.4 is 11.1 Å². The zero-order chi connectivity index (χ0) is 14.1. The first-order valence-electron chi connectivity index (χ1n) is 7.05. The highest BCUT2D eigenvalue weighted by atomic mass is 16.5. The second kappa shape index (κ2) is 8.74. The van der Waals surface area contributed by atoms with E-state index in [2.05, 4.69) is 10.5 Å². The topological polar surface area (TPSA) is 96.9 Å². The van der Waals surface area contributed by atoms with Crippen molar-refractivity contribution < 1.29 is 14.7 Å². The van der Waals surface area contributed by atoms with Gasteiger partial charge in [-0.2, -0.15) is 0 Å². The molecule has 0 radical (unpaired) electrons. The average Bonchev–Trinajstić information content (AvgIpc) is 2.93. The van der Waals surface area contributed by atoms with Gasteiger partial charge in [0.2, 0.25) is 5.91 Å². The molecule has 0 heterocycles. The van der Waals surface area contributed by atoms with E-state index in [0.29, 0.717) is 25.7 Å². The van der Waals surface area contributed by atoms with E-state index in [1.165, 1.54) is 12.8 Å². The van der Waals surface area contributed by atoms with Gasteiger partial charge >= 0.3 is 0 Å². The maximum atomic E-state index is 11.9. The van der Waals surface area contributed by atoms with Gasteiger partial charge in [0.15, 0.2) is 5.84 Å². The van der Waals surface area contributed by atoms with E-state index in [1.807, 2.05) is 6.92 Å². The molecule has 110 valence electrons. The molecule has 1 atom stereocenters. The predicted octanol–water partition coefficient (Wildman–Crippen LogP) is 1.22. The van der Waals surface area contributed by atoms with Gasteiger partial charge in [-0.1, -0.05) is 31.3 Å². The fraction of sp³-hybridized carbons (Fsp3) is 0.846. The Morgan fingerprint density at radius 2 is 2.21 bits per heavy atom. The normalized spacial score (nSPS) is 18.5. The molecule has 19 heavy (non-hydrogen) atoms. The van der Waals surface area contributed by atoms with Crippen LogP contribution in [0.3, 0.4) is 0 Å². The van der Waals surface area contributed by atoms with Crippen molar-refractivity contribution in [3.63, 3.8) is 0 Å². The van der Waals surface area contributed by atoms with Crippen molar-refractivity contribution in [2.24, 2.45) is 16.8 Å². The van der Waals surface area contributed by atoms with Gasteiger partial charge in [0.25, 0.3) is 0 Å². The summed E-state index contributed by atoms with van der Waals surface area (Å²) in [6, 6.07) is 0. The Balaban J connectivity index is 2.23. The third-order valence-corrected chi connectivity index (χ3v) is 3.42. The number of ether oxygens (including phenoxy) is 1. The molecule has 1 fully saturated rings. The summed E-state index contributed by atoms with van der Waals surface area (Å²) in [4.78, 5) is 11.9. The Kier molecular flexibility index (Phi) is 7.25. The molecule has 0 bridgehead atoms. The SMILES string of the molecule is CCCC(C(=O)NCCOC1CCCC1)C(N)=NO. The third-order valence-electron chi connectivity index (χ3n) is 3.42. The van der Waals surface area contributed by atoms with Crippen molar-refractivity contribution in [3.05, 3.63) is 0 Å². The molecule has 1 saturated carbocycles. The van der Waals surface area contributed by atoms with E-state index in [-0.39, 0.29) is 11.7 Å². The molecular weight excluding hydrogens is 246 g/mol. The Morgan fingerprint density at radius 3 is 2.79 bits per heavy atom. The molecule has 4 N–H and O–H groups in total. The Labute approximate surface area is 114 Å². The molecule has 0 aromatic heterocycles. The zero-order valence-electron chi connectivity index (χ0n) is 11.6. The number of amidine groups is 1. The first kappa shape index (κ1) is 15.8. The first-order valence-corrected chi connectivity index (χ1v) is 7.05. The van der Waals surface area contributed by atoms with Crippen LogP contribution in [-0.2, 0) is 9.53 Å². The monoisotopic (exact) mass is 271 g/mol. The van der Waals surface area contributed by atoms with E-state index in [4.69, 9.17) is 15.7 Å². The van der Waals surface area contributed by atoms with Crippen LogP contribution in [-0.4, -0.2) is 36.2 Å². The lowest BCUT2D eigenvalue weighted by Crippen LogP contribution is -2.40. The van der Waals surface area contributed by atoms with Crippen molar-refractivity contribution in [1.82, 2.24) is 5.32 Å². The van der Waals surface area contributed by atoms with Crippen LogP contribution in [0.25, 0.3) is 0 Å². The van der Waals surface area contributed by atoms with Crippen LogP contribution in [0.5, 0.6) is 0 Å². The standard InChI is InChI=1S/C13H25N3O3/c1-2-5-11(12(14)16-18)13(17)15-8-9-19-10-6-3-4-7-10/h10-11,18H,2-9H2,1H3,(H2,14,16)(H,15,17). The number of amides is 1. The van der Waals surface area contributed by atoms with Crippen molar-refractivity contribution in [1.29, 1.82) is 0 Å². The van der Waals surface area contributed by atoms with Gasteiger partial charge in [-0.25, -0.2) is 0 Å². The highest BCUT2D eigenvalue weighted by Crippen LogP contribution is 2.20. The van der Waals surface area contributed by atoms with Crippen LogP contribution in [0.1, 0.15) is 45.4 Å². The van der Waals surface area contributed by atoms with Gasteiger partial charge in [-0.3, -0.25) is 4.79 Å². The summed E-state index contributed by atoms with van der Waals surface area (Å²) in [6.45, 7) is 2.94. The van der Waals surface area contributed by atoms with Gasteiger partial charge in [0, 0.05) is 6.54 Å². The van der Waals surface area contributed by atoms with Crippen molar-refractivity contribution in [2.75, 3.05) is 13.2 Å². The van der Waals surface area contributed by atoms with Crippen LogP contribution >= 0.6 is 0 Å². The van der Waals surface area contributed by atoms with Gasteiger partial charge in [0.1, 0.15) is 0 Å². The van der Waals surface area contributed by atoms with E-state index >= 15 is 0 Å². The van der Waals surface area contributed by atoms with Crippen molar-refractivity contribution in [2.45, 2.75) is 51.6 Å². The largest absolute Gasteiger partial charge is 0.409 e. The van der Waals surface area contributed by atoms with Crippen molar-refractivity contribution >= 4 is 11.7 Å². The van der Waals surface area contributed by atoms with Crippen LogP contribution in [0, 0.1) is 5.92 Å². The van der Waals surface area contributed by atoms with Gasteiger partial charge in [-0.05, 0) is 19.3 Å². The number of carbonyl (C=O) groups is 1. The summed E-state index contributed by atoms with van der Waals surface area (Å²) in [5, 5.41) is 14.3. The van der Waals surface area contributed by atoms with Gasteiger partial charge in [0.05, 0.1) is 18.6 Å². The number of nitrogens with zero attached hydrogens (tertiary/aromatic N) is 1. The lowest BCUT2D eigenvalue weighted by molar-refractivity contribution is -0.123. The molecule has 0 spiro atoms. The molecule has 1 amide bonds. The number of hydrogen-bond acceptors (Lipinski definition) is 4. The lowest BCUT2D eigenvalue weighted by Gasteiger charge is -2.15. The van der Waals surface area contributed by atoms with Gasteiger partial charge in [-0.15, -0.1) is 0 Å². The fourth-order valence-electron chi connectivity index (χ4n) is 2.35. The third kappa shape index (κ3) is 5.46. The Bertz CT molecular complexity index is 302. The summed E-state index contributed by atoms with van der Waals surface area (Å²) in [5.74, 6) is -0.787. The number of hydrogen-bond donors (Lipinski definition) is 3. The smallest absolute Gasteiger partial charge is 0.230 e. The molecule has 0 aromatic rings. The molecule has 1 aliphatic carbocycles. The van der Waals surface area contributed by atoms with E-state index < -0.39 is 5.92 Å². The molecule has 1 rings (SSSR count). The Hall–Kier alpha value is -1.30. The maximum Gasteiger partial charge on any atom is 0.230 e. The maximum absolute atomic E-state index is 11.9. The molecule has 1 aliphatic rings. The minimum atomic E-state index is -0.554. The first-order chi connectivity index (χ1) is 9.19. The van der Waals surface area contributed by atoms with E-state index in [1.54, 1.807) is 0 Å². The summed E-state index contributed by atoms with van der Waals surface area (Å²) in [7, 11) is 0. The minimum Gasteiger partial charge on any atom is -0.409 e. The summed E-state index contributed by atoms with van der Waals surface area (Å²) in [6.07, 6.45) is 6.44. The molecule has 0 aromatic carbocycles. The van der Waals surface area contributed by atoms with Crippen LogP contribution in [0.2, 0.25) is 0 Å². The van der Waals surface area contributed by atoms with Gasteiger partial charge < -0.3 is 21.0 Å². The molecular formula is C13H25N3O3. The Morgan fingerprint density at radius 1 is 1.53 bits per heavy atom. The molecule has 6 heteroatoms. The highest BCUT2D eigenvalue weighted by molar-refractivity contribution is 6.01. The minimum absolute atomic E-state index is 0.0314. The van der Waals surface area contributed by atoms with Crippen molar-refractivity contribution in [3.8, 4) is 0 Å². The van der Waals surface area contributed by atoms with E-state index in [0.717, 1.165) is 19.3 Å². The average molecular weight is 271 g/mol. The molecule has 0 aliphatic heterocycles. The number of oxime groups is 1. The predicted molar refractivity (Wildman–Crippen MR) is 73.0 cm³/mol. The second-order valence-electron chi connectivity index (χ2n) is 4.93. The number of nitrogens with one attached hydrogen (secondary N) is 1. The summed E-state index contributed by atoms with van der Waals surface area (Å²) >= 11 is 0. The molecule has 6 nitrogen and oxygen atoms in total. The number of carbonyl (C=O) groups excluding carboxylic acids is 1. The molecule has 0 saturated heterocycles.